The number of nitro groups is 1. The van der Waals surface area contributed by atoms with Gasteiger partial charge in [0.05, 0.1) is 22.6 Å². The van der Waals surface area contributed by atoms with Gasteiger partial charge in [0.25, 0.3) is 11.6 Å². The first-order valence-corrected chi connectivity index (χ1v) is 11.6. The molecule has 2 atom stereocenters. The van der Waals surface area contributed by atoms with Gasteiger partial charge in [-0.05, 0) is 56.2 Å². The molecule has 0 radical (unpaired) electrons. The number of rotatable bonds is 6. The molecule has 1 saturated heterocycles. The Morgan fingerprint density at radius 1 is 1.20 bits per heavy atom. The molecule has 1 N–H and O–H groups in total. The van der Waals surface area contributed by atoms with Crippen LogP contribution < -0.4 is 5.32 Å². The van der Waals surface area contributed by atoms with E-state index < -0.39 is 4.92 Å². The quantitative estimate of drug-likeness (QED) is 0.299. The van der Waals surface area contributed by atoms with E-state index in [4.69, 9.17) is 4.42 Å². The molecule has 0 aliphatic carbocycles. The number of fused-ring (bicyclic) bond motifs is 1. The van der Waals surface area contributed by atoms with E-state index in [1.807, 2.05) is 49.4 Å². The number of carbonyl (C=O) groups excluding carboxylic acids is 1. The molecule has 3 heterocycles. The van der Waals surface area contributed by atoms with Crippen molar-refractivity contribution >= 4 is 28.4 Å². The lowest BCUT2D eigenvalue weighted by atomic mass is 9.97. The summed E-state index contributed by atoms with van der Waals surface area (Å²) in [5, 5.41) is 15.0. The number of oxazole rings is 1. The van der Waals surface area contributed by atoms with Crippen LogP contribution in [0.3, 0.4) is 0 Å². The zero-order valence-electron chi connectivity index (χ0n) is 19.3. The fourth-order valence-corrected chi connectivity index (χ4v) is 4.49. The Kier molecular flexibility index (Phi) is 6.13. The van der Waals surface area contributed by atoms with Crippen molar-refractivity contribution in [1.82, 2.24) is 14.9 Å². The van der Waals surface area contributed by atoms with Crippen LogP contribution in [-0.2, 0) is 0 Å². The van der Waals surface area contributed by atoms with Crippen molar-refractivity contribution in [2.24, 2.45) is 0 Å². The van der Waals surface area contributed by atoms with E-state index in [0.29, 0.717) is 24.7 Å². The Bertz CT molecular complexity index is 1340. The van der Waals surface area contributed by atoms with Gasteiger partial charge in [0, 0.05) is 30.9 Å². The van der Waals surface area contributed by atoms with Gasteiger partial charge in [-0.3, -0.25) is 19.9 Å². The van der Waals surface area contributed by atoms with Gasteiger partial charge >= 0.3 is 0 Å². The van der Waals surface area contributed by atoms with Crippen molar-refractivity contribution < 1.29 is 14.1 Å². The number of carbonyl (C=O) groups is 1. The Balaban J connectivity index is 1.34. The minimum absolute atomic E-state index is 0.0183. The zero-order chi connectivity index (χ0) is 24.4. The van der Waals surface area contributed by atoms with Crippen LogP contribution in [-0.4, -0.2) is 38.8 Å². The maximum absolute atomic E-state index is 13.3. The van der Waals surface area contributed by atoms with Gasteiger partial charge in [-0.2, -0.15) is 0 Å². The normalized spacial score (nSPS) is 16.7. The summed E-state index contributed by atoms with van der Waals surface area (Å²) in [6.45, 7) is 2.92. The number of hydrogen-bond donors (Lipinski definition) is 1. The first-order valence-electron chi connectivity index (χ1n) is 11.6. The van der Waals surface area contributed by atoms with Crippen molar-refractivity contribution in [3.63, 3.8) is 0 Å². The van der Waals surface area contributed by atoms with E-state index in [9.17, 15) is 14.9 Å². The van der Waals surface area contributed by atoms with Crippen LogP contribution in [0.25, 0.3) is 11.1 Å². The summed E-state index contributed by atoms with van der Waals surface area (Å²) in [5.74, 6) is 0.367. The first kappa shape index (κ1) is 22.5. The van der Waals surface area contributed by atoms with Crippen LogP contribution in [0, 0.1) is 10.1 Å². The third kappa shape index (κ3) is 4.70. The summed E-state index contributed by atoms with van der Waals surface area (Å²) in [4.78, 5) is 35.3. The summed E-state index contributed by atoms with van der Waals surface area (Å²) in [7, 11) is 0. The molecule has 0 saturated carbocycles. The van der Waals surface area contributed by atoms with Crippen LogP contribution in [0.1, 0.15) is 53.7 Å². The summed E-state index contributed by atoms with van der Waals surface area (Å²) in [6.07, 6.45) is 3.35. The van der Waals surface area contributed by atoms with Crippen LogP contribution in [0.2, 0.25) is 0 Å². The molecule has 1 fully saturated rings. The van der Waals surface area contributed by atoms with E-state index in [2.05, 4.69) is 15.3 Å². The lowest BCUT2D eigenvalue weighted by molar-refractivity contribution is -0.384. The minimum atomic E-state index is -0.471. The van der Waals surface area contributed by atoms with Crippen LogP contribution in [0.15, 0.2) is 71.3 Å². The number of anilines is 1. The maximum atomic E-state index is 13.3. The molecule has 178 valence electrons. The van der Waals surface area contributed by atoms with E-state index in [-0.39, 0.29) is 29.1 Å². The molecule has 2 aromatic heterocycles. The number of hydrogen-bond acceptors (Lipinski definition) is 7. The SMILES string of the molecule is CC(Nc1ccc(C(=O)N2CCCC(c3nc4ccccc4o3)C2)cc1[N+](=O)[O-])c1ccccn1. The van der Waals surface area contributed by atoms with Gasteiger partial charge in [0.2, 0.25) is 0 Å². The molecule has 35 heavy (non-hydrogen) atoms. The molecule has 5 rings (SSSR count). The summed E-state index contributed by atoms with van der Waals surface area (Å²) < 4.78 is 5.93. The predicted molar refractivity (Wildman–Crippen MR) is 131 cm³/mol. The Morgan fingerprint density at radius 3 is 2.80 bits per heavy atom. The number of benzene rings is 2. The second-order valence-corrected chi connectivity index (χ2v) is 8.72. The molecule has 9 nitrogen and oxygen atoms in total. The van der Waals surface area contributed by atoms with Gasteiger partial charge in [-0.1, -0.05) is 18.2 Å². The van der Waals surface area contributed by atoms with Crippen LogP contribution in [0.5, 0.6) is 0 Å². The molecule has 0 bridgehead atoms. The summed E-state index contributed by atoms with van der Waals surface area (Å²) >= 11 is 0. The standard InChI is InChI=1S/C26H25N5O4/c1-17(20-8-4-5-13-27-20)28-21-12-11-18(15-23(21)31(33)34)26(32)30-14-6-7-19(16-30)25-29-22-9-2-3-10-24(22)35-25/h2-5,8-13,15,17,19,28H,6-7,14,16H2,1H3. The zero-order valence-corrected chi connectivity index (χ0v) is 19.3. The molecule has 9 heteroatoms. The fourth-order valence-electron chi connectivity index (χ4n) is 4.49. The maximum Gasteiger partial charge on any atom is 0.293 e. The smallest absolute Gasteiger partial charge is 0.293 e. The summed E-state index contributed by atoms with van der Waals surface area (Å²) in [5.41, 5.74) is 2.76. The molecule has 2 aromatic carbocycles. The number of nitrogens with one attached hydrogen (secondary N) is 1. The Hall–Kier alpha value is -4.27. The van der Waals surface area contributed by atoms with Gasteiger partial charge < -0.3 is 14.6 Å². The van der Waals surface area contributed by atoms with E-state index in [1.54, 1.807) is 23.2 Å². The van der Waals surface area contributed by atoms with E-state index in [1.165, 1.54) is 6.07 Å². The molecule has 0 spiro atoms. The van der Waals surface area contributed by atoms with Crippen molar-refractivity contribution in [2.75, 3.05) is 18.4 Å². The fraction of sp³-hybridized carbons (Fsp3) is 0.269. The van der Waals surface area contributed by atoms with Gasteiger partial charge in [0.15, 0.2) is 11.5 Å². The third-order valence-electron chi connectivity index (χ3n) is 6.31. The number of para-hydroxylation sites is 2. The van der Waals surface area contributed by atoms with Crippen molar-refractivity contribution in [1.29, 1.82) is 0 Å². The number of nitrogens with zero attached hydrogens (tertiary/aromatic N) is 4. The highest BCUT2D eigenvalue weighted by Crippen LogP contribution is 2.32. The Morgan fingerprint density at radius 2 is 2.03 bits per heavy atom. The largest absolute Gasteiger partial charge is 0.440 e. The van der Waals surface area contributed by atoms with Crippen molar-refractivity contribution in [3.8, 4) is 0 Å². The van der Waals surface area contributed by atoms with Crippen molar-refractivity contribution in [3.05, 3.63) is 94.1 Å². The van der Waals surface area contributed by atoms with E-state index >= 15 is 0 Å². The number of aromatic nitrogens is 2. The molecular weight excluding hydrogens is 446 g/mol. The minimum Gasteiger partial charge on any atom is -0.440 e. The van der Waals surface area contributed by atoms with E-state index in [0.717, 1.165) is 29.6 Å². The number of amides is 1. The number of nitro benzene ring substituents is 1. The van der Waals surface area contributed by atoms with Gasteiger partial charge in [-0.25, -0.2) is 4.98 Å². The highest BCUT2D eigenvalue weighted by molar-refractivity contribution is 5.96. The molecular formula is C26H25N5O4. The third-order valence-corrected chi connectivity index (χ3v) is 6.31. The van der Waals surface area contributed by atoms with Crippen molar-refractivity contribution in [2.45, 2.75) is 31.7 Å². The predicted octanol–water partition coefficient (Wildman–Crippen LogP) is 5.32. The second-order valence-electron chi connectivity index (χ2n) is 8.72. The number of likely N-dealkylation sites (tertiary alicyclic amines) is 1. The monoisotopic (exact) mass is 471 g/mol. The van der Waals surface area contributed by atoms with Gasteiger partial charge in [-0.15, -0.1) is 0 Å². The van der Waals surface area contributed by atoms with Crippen LogP contribution in [0.4, 0.5) is 11.4 Å². The van der Waals surface area contributed by atoms with Gasteiger partial charge in [0.1, 0.15) is 11.2 Å². The molecule has 1 amide bonds. The average molecular weight is 472 g/mol. The first-order chi connectivity index (χ1) is 17.0. The number of piperidine rings is 1. The lowest BCUT2D eigenvalue weighted by Gasteiger charge is -2.31. The second kappa shape index (κ2) is 9.54. The topological polar surface area (TPSA) is 114 Å². The molecule has 1 aliphatic rings. The average Bonchev–Trinajstić information content (AvgIpc) is 3.33. The highest BCUT2D eigenvalue weighted by Gasteiger charge is 2.30. The molecule has 4 aromatic rings. The van der Waals surface area contributed by atoms with Crippen LogP contribution >= 0.6 is 0 Å². The molecule has 1 aliphatic heterocycles. The number of pyridine rings is 1. The lowest BCUT2D eigenvalue weighted by Crippen LogP contribution is -2.39. The molecule has 2 unspecified atom stereocenters. The highest BCUT2D eigenvalue weighted by atomic mass is 16.6. The Labute approximate surface area is 201 Å². The summed E-state index contributed by atoms with van der Waals surface area (Å²) in [6, 6.07) is 17.4.